The molecule has 0 unspecified atom stereocenters. The molecule has 1 saturated carbocycles. The van der Waals surface area contributed by atoms with Crippen molar-refractivity contribution in [3.63, 3.8) is 0 Å². The number of fused-ring (bicyclic) bond motifs is 2. The Labute approximate surface area is 177 Å². The molecule has 0 bridgehead atoms. The lowest BCUT2D eigenvalue weighted by Gasteiger charge is -2.37. The number of nitrogens with zero attached hydrogens (tertiary/aromatic N) is 4. The second-order valence-corrected chi connectivity index (χ2v) is 9.31. The van der Waals surface area contributed by atoms with Gasteiger partial charge in [0.2, 0.25) is 0 Å². The third kappa shape index (κ3) is 3.06. The number of aromatic nitrogens is 3. The van der Waals surface area contributed by atoms with Crippen LogP contribution < -0.4 is 4.90 Å². The fourth-order valence-electron chi connectivity index (χ4n) is 5.40. The average molecular weight is 411 g/mol. The van der Waals surface area contributed by atoms with Gasteiger partial charge in [0, 0.05) is 5.56 Å². The highest BCUT2D eigenvalue weighted by Crippen LogP contribution is 2.46. The summed E-state index contributed by atoms with van der Waals surface area (Å²) < 4.78 is 13.7. The molecule has 2 fully saturated rings. The van der Waals surface area contributed by atoms with E-state index in [4.69, 9.17) is 9.47 Å². The van der Waals surface area contributed by atoms with Crippen LogP contribution >= 0.6 is 0 Å². The highest BCUT2D eigenvalue weighted by molar-refractivity contribution is 6.06. The smallest absolute Gasteiger partial charge is 0.292 e. The number of hydrogen-bond donors (Lipinski definition) is 0. The van der Waals surface area contributed by atoms with Crippen LogP contribution in [0.1, 0.15) is 57.3 Å². The molecule has 7 nitrogen and oxygen atoms in total. The SMILES string of the molecule is CC(C)[C@@H]1CC[C@@H](C)C[C@@H]1n1cc(CN2C(=O)C3(OCCO3)c3ccccc32)nn1. The highest BCUT2D eigenvalue weighted by atomic mass is 16.7. The molecule has 0 radical (unpaired) electrons. The molecule has 3 aliphatic rings. The summed E-state index contributed by atoms with van der Waals surface area (Å²) in [7, 11) is 0. The van der Waals surface area contributed by atoms with E-state index in [1.54, 1.807) is 4.90 Å². The predicted molar refractivity (Wildman–Crippen MR) is 112 cm³/mol. The minimum atomic E-state index is -1.30. The van der Waals surface area contributed by atoms with E-state index in [0.29, 0.717) is 43.6 Å². The number of amides is 1. The molecule has 2 aromatic rings. The van der Waals surface area contributed by atoms with Crippen LogP contribution in [0.25, 0.3) is 0 Å². The fraction of sp³-hybridized carbons (Fsp3) is 0.609. The minimum Gasteiger partial charge on any atom is -0.336 e. The number of anilines is 1. The van der Waals surface area contributed by atoms with Gasteiger partial charge in [0.15, 0.2) is 0 Å². The summed E-state index contributed by atoms with van der Waals surface area (Å²) in [6.07, 6.45) is 5.66. The molecule has 1 spiro atoms. The monoisotopic (exact) mass is 410 g/mol. The summed E-state index contributed by atoms with van der Waals surface area (Å²) in [5.74, 6) is 0.434. The van der Waals surface area contributed by atoms with Crippen molar-refractivity contribution in [1.82, 2.24) is 15.0 Å². The van der Waals surface area contributed by atoms with Crippen LogP contribution in [0.15, 0.2) is 30.5 Å². The van der Waals surface area contributed by atoms with Gasteiger partial charge in [0.25, 0.3) is 11.7 Å². The Morgan fingerprint density at radius 1 is 1.20 bits per heavy atom. The molecule has 1 aromatic heterocycles. The van der Waals surface area contributed by atoms with Gasteiger partial charge in [-0.25, -0.2) is 4.68 Å². The van der Waals surface area contributed by atoms with Gasteiger partial charge >= 0.3 is 0 Å². The Hall–Kier alpha value is -2.25. The largest absolute Gasteiger partial charge is 0.336 e. The lowest BCUT2D eigenvalue weighted by atomic mass is 9.74. The van der Waals surface area contributed by atoms with E-state index in [0.717, 1.165) is 23.4 Å². The van der Waals surface area contributed by atoms with Crippen molar-refractivity contribution >= 4 is 11.6 Å². The third-order valence-corrected chi connectivity index (χ3v) is 6.97. The molecule has 5 rings (SSSR count). The summed E-state index contributed by atoms with van der Waals surface area (Å²) in [5.41, 5.74) is 2.39. The molecular weight excluding hydrogens is 380 g/mol. The van der Waals surface area contributed by atoms with Crippen molar-refractivity contribution in [3.05, 3.63) is 41.7 Å². The molecule has 3 atom stereocenters. The summed E-state index contributed by atoms with van der Waals surface area (Å²) in [5, 5.41) is 8.92. The van der Waals surface area contributed by atoms with E-state index in [2.05, 4.69) is 31.1 Å². The van der Waals surface area contributed by atoms with Crippen LogP contribution in [0.5, 0.6) is 0 Å². The van der Waals surface area contributed by atoms with Gasteiger partial charge < -0.3 is 14.4 Å². The van der Waals surface area contributed by atoms with Gasteiger partial charge in [-0.1, -0.05) is 50.6 Å². The van der Waals surface area contributed by atoms with Gasteiger partial charge in [-0.2, -0.15) is 0 Å². The first-order chi connectivity index (χ1) is 14.5. The molecule has 0 N–H and O–H groups in total. The van der Waals surface area contributed by atoms with E-state index < -0.39 is 5.79 Å². The first kappa shape index (κ1) is 19.7. The van der Waals surface area contributed by atoms with E-state index in [9.17, 15) is 4.79 Å². The first-order valence-corrected chi connectivity index (χ1v) is 11.1. The second kappa shape index (κ2) is 7.46. The van der Waals surface area contributed by atoms with Crippen molar-refractivity contribution in [3.8, 4) is 0 Å². The lowest BCUT2D eigenvalue weighted by molar-refractivity contribution is -0.180. The van der Waals surface area contributed by atoms with E-state index in [1.807, 2.05) is 35.1 Å². The number of hydrogen-bond acceptors (Lipinski definition) is 5. The average Bonchev–Trinajstić information content (AvgIpc) is 3.46. The van der Waals surface area contributed by atoms with Crippen molar-refractivity contribution in [2.75, 3.05) is 18.1 Å². The van der Waals surface area contributed by atoms with Crippen molar-refractivity contribution in [2.24, 2.45) is 17.8 Å². The lowest BCUT2D eigenvalue weighted by Crippen LogP contribution is -2.41. The Morgan fingerprint density at radius 3 is 2.73 bits per heavy atom. The molecule has 1 amide bonds. The van der Waals surface area contributed by atoms with Gasteiger partial charge in [0.05, 0.1) is 37.7 Å². The van der Waals surface area contributed by atoms with Crippen LogP contribution in [0, 0.1) is 17.8 Å². The molecule has 7 heteroatoms. The zero-order valence-electron chi connectivity index (χ0n) is 18.0. The van der Waals surface area contributed by atoms with Crippen LogP contribution in [-0.2, 0) is 26.6 Å². The third-order valence-electron chi connectivity index (χ3n) is 6.97. The summed E-state index contributed by atoms with van der Waals surface area (Å²) in [6, 6.07) is 8.06. The quantitative estimate of drug-likeness (QED) is 0.769. The first-order valence-electron chi connectivity index (χ1n) is 11.1. The van der Waals surface area contributed by atoms with Gasteiger partial charge in [-0.15, -0.1) is 5.10 Å². The van der Waals surface area contributed by atoms with Crippen LogP contribution in [0.4, 0.5) is 5.69 Å². The number of carbonyl (C=O) groups excluding carboxylic acids is 1. The van der Waals surface area contributed by atoms with Gasteiger partial charge in [-0.3, -0.25) is 4.79 Å². The number of benzene rings is 1. The van der Waals surface area contributed by atoms with E-state index >= 15 is 0 Å². The molecule has 1 saturated heterocycles. The summed E-state index contributed by atoms with van der Waals surface area (Å²) in [6.45, 7) is 8.11. The number of carbonyl (C=O) groups is 1. The molecule has 2 aliphatic heterocycles. The Morgan fingerprint density at radius 2 is 1.97 bits per heavy atom. The van der Waals surface area contributed by atoms with E-state index in [-0.39, 0.29) is 5.91 Å². The molecule has 1 aliphatic carbocycles. The standard InChI is InChI=1S/C23H30N4O3/c1-15(2)18-9-8-16(3)12-21(18)27-14-17(24-25-27)13-26-20-7-5-4-6-19(20)23(22(26)28)29-10-11-30-23/h4-7,14-16,18,21H,8-13H2,1-3H3/t16-,18+,21+/m1/s1. The maximum absolute atomic E-state index is 13.3. The molecule has 3 heterocycles. The normalized spacial score (nSPS) is 27.9. The molecule has 160 valence electrons. The summed E-state index contributed by atoms with van der Waals surface area (Å²) >= 11 is 0. The number of ether oxygens (including phenoxy) is 2. The Kier molecular flexibility index (Phi) is 4.90. The Balaban J connectivity index is 1.41. The van der Waals surface area contributed by atoms with Crippen molar-refractivity contribution < 1.29 is 14.3 Å². The van der Waals surface area contributed by atoms with Crippen molar-refractivity contribution in [1.29, 1.82) is 0 Å². The minimum absolute atomic E-state index is 0.179. The van der Waals surface area contributed by atoms with Crippen LogP contribution in [0.2, 0.25) is 0 Å². The van der Waals surface area contributed by atoms with Crippen molar-refractivity contribution in [2.45, 2.75) is 58.4 Å². The highest BCUT2D eigenvalue weighted by Gasteiger charge is 2.56. The maximum atomic E-state index is 13.3. The number of para-hydroxylation sites is 1. The second-order valence-electron chi connectivity index (χ2n) is 9.31. The maximum Gasteiger partial charge on any atom is 0.292 e. The van der Waals surface area contributed by atoms with E-state index in [1.165, 1.54) is 12.8 Å². The van der Waals surface area contributed by atoms with Gasteiger partial charge in [0.1, 0.15) is 5.69 Å². The Bertz CT molecular complexity index is 934. The van der Waals surface area contributed by atoms with Crippen LogP contribution in [0.3, 0.4) is 0 Å². The zero-order chi connectivity index (χ0) is 20.9. The topological polar surface area (TPSA) is 69.5 Å². The molecule has 30 heavy (non-hydrogen) atoms. The molecular formula is C23H30N4O3. The number of rotatable bonds is 4. The predicted octanol–water partition coefficient (Wildman–Crippen LogP) is 3.66. The van der Waals surface area contributed by atoms with Gasteiger partial charge in [-0.05, 0) is 36.7 Å². The van der Waals surface area contributed by atoms with Crippen LogP contribution in [-0.4, -0.2) is 34.1 Å². The zero-order valence-corrected chi connectivity index (χ0v) is 18.0. The molecule has 1 aromatic carbocycles. The fourth-order valence-corrected chi connectivity index (χ4v) is 5.40. The summed E-state index contributed by atoms with van der Waals surface area (Å²) in [4.78, 5) is 15.0.